The van der Waals surface area contributed by atoms with E-state index in [4.69, 9.17) is 33.1 Å². The zero-order valence-electron chi connectivity index (χ0n) is 13.8. The van der Waals surface area contributed by atoms with E-state index in [9.17, 15) is 9.59 Å². The molecule has 25 heavy (non-hydrogen) atoms. The van der Waals surface area contributed by atoms with Crippen molar-refractivity contribution in [2.45, 2.75) is 50.6 Å². The van der Waals surface area contributed by atoms with Gasteiger partial charge in [0.2, 0.25) is 0 Å². The van der Waals surface area contributed by atoms with Crippen LogP contribution in [0, 0.1) is 0 Å². The molecule has 2 atom stereocenters. The first-order chi connectivity index (χ1) is 9.36. The third kappa shape index (κ3) is 35.6. The number of rotatable bonds is 10. The third-order valence-corrected chi connectivity index (χ3v) is 2.57. The normalized spacial score (nSPS) is 10.4. The summed E-state index contributed by atoms with van der Waals surface area (Å²) in [6.07, 6.45) is 4.33. The van der Waals surface area contributed by atoms with E-state index in [-0.39, 0.29) is 50.6 Å². The Morgan fingerprint density at radius 3 is 1.08 bits per heavy atom. The SMILES string of the molecule is NCCCC[C@H](N)C(=O)O.NCCCC[C@H](N)C(=O)O.[Fe+3].[Fe+3].[O-2].[O-2].[O-2]. The van der Waals surface area contributed by atoms with Crippen molar-refractivity contribution in [3.8, 4) is 0 Å². The molecule has 0 saturated carbocycles. The Morgan fingerprint density at radius 2 is 0.920 bits per heavy atom. The van der Waals surface area contributed by atoms with Gasteiger partial charge in [0.1, 0.15) is 12.1 Å². The molecule has 0 unspecified atom stereocenters. The van der Waals surface area contributed by atoms with Gasteiger partial charge in [-0.15, -0.1) is 0 Å². The van der Waals surface area contributed by atoms with Crippen LogP contribution in [0.1, 0.15) is 38.5 Å². The molecular formula is C12H28Fe2N4O7. The number of carboxylic acids is 2. The largest absolute Gasteiger partial charge is 3.00 e. The van der Waals surface area contributed by atoms with Gasteiger partial charge in [-0.2, -0.15) is 0 Å². The van der Waals surface area contributed by atoms with Crippen molar-refractivity contribution in [1.29, 1.82) is 0 Å². The van der Waals surface area contributed by atoms with Gasteiger partial charge in [-0.25, -0.2) is 0 Å². The summed E-state index contributed by atoms with van der Waals surface area (Å²) in [5, 5.41) is 16.7. The van der Waals surface area contributed by atoms with Crippen LogP contribution in [0.25, 0.3) is 0 Å². The van der Waals surface area contributed by atoms with Gasteiger partial charge in [0.15, 0.2) is 0 Å². The van der Waals surface area contributed by atoms with Gasteiger partial charge >= 0.3 is 46.1 Å². The molecule has 0 aromatic rings. The second kappa shape index (κ2) is 31.5. The van der Waals surface area contributed by atoms with Crippen LogP contribution >= 0.6 is 0 Å². The van der Waals surface area contributed by atoms with Crippen molar-refractivity contribution in [2.24, 2.45) is 22.9 Å². The molecule has 0 heterocycles. The molecular weight excluding hydrogens is 424 g/mol. The summed E-state index contributed by atoms with van der Waals surface area (Å²) in [5.74, 6) is -1.87. The molecule has 0 bridgehead atoms. The molecule has 0 aromatic heterocycles. The van der Waals surface area contributed by atoms with Crippen LogP contribution in [0.2, 0.25) is 0 Å². The fraction of sp³-hybridized carbons (Fsp3) is 0.833. The number of carboxylic acid groups (broad SMARTS) is 2. The minimum atomic E-state index is -0.933. The maximum absolute atomic E-state index is 10.1. The van der Waals surface area contributed by atoms with Crippen LogP contribution in [0.5, 0.6) is 0 Å². The number of nitrogens with two attached hydrogens (primary N) is 4. The van der Waals surface area contributed by atoms with Crippen LogP contribution in [0.3, 0.4) is 0 Å². The van der Waals surface area contributed by atoms with Gasteiger partial charge in [0, 0.05) is 0 Å². The number of carbonyl (C=O) groups is 2. The van der Waals surface area contributed by atoms with Gasteiger partial charge in [-0.1, -0.05) is 12.8 Å². The molecule has 0 rings (SSSR count). The van der Waals surface area contributed by atoms with Crippen LogP contribution in [-0.2, 0) is 60.2 Å². The van der Waals surface area contributed by atoms with E-state index in [2.05, 4.69) is 0 Å². The van der Waals surface area contributed by atoms with Crippen LogP contribution in [-0.4, -0.2) is 47.3 Å². The van der Waals surface area contributed by atoms with Crippen LogP contribution < -0.4 is 22.9 Å². The van der Waals surface area contributed by atoms with Crippen LogP contribution in [0.4, 0.5) is 0 Å². The van der Waals surface area contributed by atoms with Gasteiger partial charge in [0.05, 0.1) is 0 Å². The quantitative estimate of drug-likeness (QED) is 0.171. The Morgan fingerprint density at radius 1 is 0.680 bits per heavy atom. The molecule has 0 aliphatic rings. The number of hydrogen-bond donors (Lipinski definition) is 6. The summed E-state index contributed by atoms with van der Waals surface area (Å²) in [7, 11) is 0. The molecule has 0 aromatic carbocycles. The molecule has 0 spiro atoms. The Bertz CT molecular complexity index is 254. The fourth-order valence-electron chi connectivity index (χ4n) is 1.26. The molecule has 10 N–H and O–H groups in total. The van der Waals surface area contributed by atoms with Gasteiger partial charge < -0.3 is 49.6 Å². The number of unbranched alkanes of at least 4 members (excludes halogenated alkanes) is 2. The molecule has 0 amide bonds. The molecule has 0 aliphatic heterocycles. The predicted octanol–water partition coefficient (Wildman–Crippen LogP) is -1.31. The van der Waals surface area contributed by atoms with Crippen molar-refractivity contribution in [3.05, 3.63) is 0 Å². The van der Waals surface area contributed by atoms with E-state index in [0.717, 1.165) is 25.7 Å². The summed E-state index contributed by atoms with van der Waals surface area (Å²) in [4.78, 5) is 20.3. The Hall–Kier alpha value is -0.301. The molecule has 154 valence electrons. The molecule has 13 heteroatoms. The standard InChI is InChI=1S/2C6H14N2O2.2Fe.3O/c2*7-4-2-1-3-5(8)6(9)10;;;;;/h2*5H,1-4,7-8H2,(H,9,10);;;;;/q;;2*+3;3*-2/t2*5-;;;;;/m00...../s1. The molecule has 2 radical (unpaired) electrons. The summed E-state index contributed by atoms with van der Waals surface area (Å²) in [6.45, 7) is 1.21. The Balaban J connectivity index is -0.0000000432. The van der Waals surface area contributed by atoms with Crippen LogP contribution in [0.15, 0.2) is 0 Å². The maximum Gasteiger partial charge on any atom is 3.00 e. The molecule has 0 aliphatic carbocycles. The van der Waals surface area contributed by atoms with Crippen molar-refractivity contribution in [2.75, 3.05) is 13.1 Å². The van der Waals surface area contributed by atoms with Gasteiger partial charge in [-0.3, -0.25) is 9.59 Å². The summed E-state index contributed by atoms with van der Waals surface area (Å²) in [6, 6.07) is -1.43. The van der Waals surface area contributed by atoms with E-state index in [1.807, 2.05) is 0 Å². The van der Waals surface area contributed by atoms with E-state index in [1.54, 1.807) is 0 Å². The maximum atomic E-state index is 10.1. The Labute approximate surface area is 169 Å². The van der Waals surface area contributed by atoms with Gasteiger partial charge in [0.25, 0.3) is 0 Å². The van der Waals surface area contributed by atoms with E-state index < -0.39 is 24.0 Å². The van der Waals surface area contributed by atoms with Gasteiger partial charge in [-0.05, 0) is 38.8 Å². The predicted molar refractivity (Wildman–Crippen MR) is 79.1 cm³/mol. The average molecular weight is 452 g/mol. The molecule has 0 saturated heterocycles. The van der Waals surface area contributed by atoms with E-state index in [1.165, 1.54) is 0 Å². The average Bonchev–Trinajstić information content (AvgIpc) is 2.39. The monoisotopic (exact) mass is 452 g/mol. The summed E-state index contributed by atoms with van der Waals surface area (Å²) < 4.78 is 0. The minimum absolute atomic E-state index is 0. The van der Waals surface area contributed by atoms with Crippen molar-refractivity contribution >= 4 is 11.9 Å². The first-order valence-electron chi connectivity index (χ1n) is 6.73. The summed E-state index contributed by atoms with van der Waals surface area (Å²) in [5.41, 5.74) is 20.8. The first-order valence-corrected chi connectivity index (χ1v) is 6.73. The van der Waals surface area contributed by atoms with Crippen molar-refractivity contribution in [3.63, 3.8) is 0 Å². The zero-order chi connectivity index (χ0) is 16.0. The smallest absolute Gasteiger partial charge is 2.00 e. The molecule has 11 nitrogen and oxygen atoms in total. The van der Waals surface area contributed by atoms with Crippen molar-refractivity contribution in [1.82, 2.24) is 0 Å². The minimum Gasteiger partial charge on any atom is -2.00 e. The first kappa shape index (κ1) is 44.3. The van der Waals surface area contributed by atoms with Crippen molar-refractivity contribution < 1.29 is 70.4 Å². The second-order valence-corrected chi connectivity index (χ2v) is 4.46. The molecule has 0 fully saturated rings. The fourth-order valence-corrected chi connectivity index (χ4v) is 1.26. The number of aliphatic carboxylic acids is 2. The van der Waals surface area contributed by atoms with E-state index >= 15 is 0 Å². The Kier molecular flexibility index (Phi) is 55.7. The topological polar surface area (TPSA) is 264 Å². The summed E-state index contributed by atoms with van der Waals surface area (Å²) >= 11 is 0. The third-order valence-electron chi connectivity index (χ3n) is 2.57. The van der Waals surface area contributed by atoms with E-state index in [0.29, 0.717) is 25.9 Å². The second-order valence-electron chi connectivity index (χ2n) is 4.46. The zero-order valence-corrected chi connectivity index (χ0v) is 16.0. The number of hydrogen-bond acceptors (Lipinski definition) is 6.